The van der Waals surface area contributed by atoms with Gasteiger partial charge < -0.3 is 10.1 Å². The van der Waals surface area contributed by atoms with Gasteiger partial charge in [-0.2, -0.15) is 0 Å². The standard InChI is InChI=1S/C12H18BrNO/c1-9(8-15-3)14-10(2)11-5-4-6-12(13)7-11/h4-7,9-10,14H,8H2,1-3H3/t9?,10-/m1/s1. The molecule has 0 aromatic heterocycles. The fourth-order valence-corrected chi connectivity index (χ4v) is 2.01. The normalized spacial score (nSPS) is 14.9. The molecule has 1 aromatic rings. The van der Waals surface area contributed by atoms with Crippen molar-refractivity contribution >= 4 is 15.9 Å². The molecule has 2 nitrogen and oxygen atoms in total. The predicted molar refractivity (Wildman–Crippen MR) is 67.0 cm³/mol. The maximum atomic E-state index is 5.09. The van der Waals surface area contributed by atoms with Gasteiger partial charge in [-0.15, -0.1) is 0 Å². The van der Waals surface area contributed by atoms with Crippen molar-refractivity contribution in [3.8, 4) is 0 Å². The van der Waals surface area contributed by atoms with Crippen LogP contribution in [0.5, 0.6) is 0 Å². The van der Waals surface area contributed by atoms with Gasteiger partial charge in [0.25, 0.3) is 0 Å². The van der Waals surface area contributed by atoms with Crippen LogP contribution in [0.4, 0.5) is 0 Å². The fourth-order valence-electron chi connectivity index (χ4n) is 1.60. The molecule has 2 atom stereocenters. The Bertz CT molecular complexity index is 303. The van der Waals surface area contributed by atoms with Gasteiger partial charge in [0.15, 0.2) is 0 Å². The Morgan fingerprint density at radius 1 is 1.40 bits per heavy atom. The summed E-state index contributed by atoms with van der Waals surface area (Å²) in [5, 5.41) is 3.48. The van der Waals surface area contributed by atoms with E-state index in [0.29, 0.717) is 12.1 Å². The van der Waals surface area contributed by atoms with Crippen LogP contribution in [0.25, 0.3) is 0 Å². The van der Waals surface area contributed by atoms with Crippen LogP contribution in [0.15, 0.2) is 28.7 Å². The van der Waals surface area contributed by atoms with Gasteiger partial charge in [-0.3, -0.25) is 0 Å². The summed E-state index contributed by atoms with van der Waals surface area (Å²) in [5.41, 5.74) is 1.28. The smallest absolute Gasteiger partial charge is 0.0613 e. The molecule has 1 aromatic carbocycles. The molecule has 15 heavy (non-hydrogen) atoms. The first-order valence-corrected chi connectivity index (χ1v) is 5.93. The van der Waals surface area contributed by atoms with E-state index in [9.17, 15) is 0 Å². The first-order chi connectivity index (χ1) is 7.13. The lowest BCUT2D eigenvalue weighted by Gasteiger charge is -2.19. The van der Waals surface area contributed by atoms with Crippen LogP contribution in [-0.2, 0) is 4.74 Å². The van der Waals surface area contributed by atoms with Crippen molar-refractivity contribution < 1.29 is 4.74 Å². The molecule has 0 aliphatic heterocycles. The highest BCUT2D eigenvalue weighted by molar-refractivity contribution is 9.10. The quantitative estimate of drug-likeness (QED) is 0.889. The highest BCUT2D eigenvalue weighted by atomic mass is 79.9. The zero-order chi connectivity index (χ0) is 11.3. The molecule has 0 amide bonds. The molecular weight excluding hydrogens is 254 g/mol. The first kappa shape index (κ1) is 12.7. The zero-order valence-electron chi connectivity index (χ0n) is 9.46. The molecule has 1 N–H and O–H groups in total. The van der Waals surface area contributed by atoms with E-state index in [4.69, 9.17) is 4.74 Å². The van der Waals surface area contributed by atoms with Gasteiger partial charge in [0, 0.05) is 23.7 Å². The van der Waals surface area contributed by atoms with Gasteiger partial charge in [-0.05, 0) is 31.5 Å². The van der Waals surface area contributed by atoms with Crippen molar-refractivity contribution in [3.05, 3.63) is 34.3 Å². The molecule has 0 bridgehead atoms. The number of rotatable bonds is 5. The van der Waals surface area contributed by atoms with Crippen LogP contribution in [0.2, 0.25) is 0 Å². The highest BCUT2D eigenvalue weighted by Crippen LogP contribution is 2.18. The first-order valence-electron chi connectivity index (χ1n) is 5.14. The lowest BCUT2D eigenvalue weighted by molar-refractivity contribution is 0.167. The van der Waals surface area contributed by atoms with E-state index >= 15 is 0 Å². The average Bonchev–Trinajstić information content (AvgIpc) is 2.18. The minimum atomic E-state index is 0.340. The molecule has 84 valence electrons. The average molecular weight is 272 g/mol. The number of halogens is 1. The molecule has 1 rings (SSSR count). The van der Waals surface area contributed by atoms with E-state index in [1.807, 2.05) is 6.07 Å². The van der Waals surface area contributed by atoms with E-state index in [1.165, 1.54) is 5.56 Å². The molecule has 0 fully saturated rings. The van der Waals surface area contributed by atoms with Gasteiger partial charge in [0.2, 0.25) is 0 Å². The van der Waals surface area contributed by atoms with Gasteiger partial charge >= 0.3 is 0 Å². The Balaban J connectivity index is 2.56. The summed E-state index contributed by atoms with van der Waals surface area (Å²) in [6.45, 7) is 5.02. The van der Waals surface area contributed by atoms with Crippen LogP contribution in [0.3, 0.4) is 0 Å². The van der Waals surface area contributed by atoms with Gasteiger partial charge in [-0.25, -0.2) is 0 Å². The van der Waals surface area contributed by atoms with Crippen LogP contribution >= 0.6 is 15.9 Å². The van der Waals surface area contributed by atoms with Crippen molar-refractivity contribution in [2.45, 2.75) is 25.9 Å². The number of hydrogen-bond donors (Lipinski definition) is 1. The summed E-state index contributed by atoms with van der Waals surface area (Å²) in [6, 6.07) is 9.06. The van der Waals surface area contributed by atoms with Crippen molar-refractivity contribution in [3.63, 3.8) is 0 Å². The Morgan fingerprint density at radius 2 is 2.13 bits per heavy atom. The third-order valence-corrected chi connectivity index (χ3v) is 2.79. The predicted octanol–water partition coefficient (Wildman–Crippen LogP) is 3.13. The third-order valence-electron chi connectivity index (χ3n) is 2.30. The van der Waals surface area contributed by atoms with Gasteiger partial charge in [0.1, 0.15) is 0 Å². The largest absolute Gasteiger partial charge is 0.383 e. The molecule has 0 radical (unpaired) electrons. The maximum Gasteiger partial charge on any atom is 0.0613 e. The molecule has 0 saturated carbocycles. The topological polar surface area (TPSA) is 21.3 Å². The maximum absolute atomic E-state index is 5.09. The summed E-state index contributed by atoms with van der Waals surface area (Å²) in [7, 11) is 1.72. The second kappa shape index (κ2) is 6.26. The number of hydrogen-bond acceptors (Lipinski definition) is 2. The second-order valence-corrected chi connectivity index (χ2v) is 4.72. The van der Waals surface area contributed by atoms with Gasteiger partial charge in [0.05, 0.1) is 6.61 Å². The molecule has 3 heteroatoms. The van der Waals surface area contributed by atoms with Crippen molar-refractivity contribution in [2.24, 2.45) is 0 Å². The molecule has 0 aliphatic rings. The third kappa shape index (κ3) is 4.33. The molecule has 0 saturated heterocycles. The summed E-state index contributed by atoms with van der Waals surface area (Å²) >= 11 is 3.47. The van der Waals surface area contributed by atoms with Crippen molar-refractivity contribution in [2.75, 3.05) is 13.7 Å². The summed E-state index contributed by atoms with van der Waals surface area (Å²) in [4.78, 5) is 0. The van der Waals surface area contributed by atoms with Crippen LogP contribution in [0.1, 0.15) is 25.5 Å². The fraction of sp³-hybridized carbons (Fsp3) is 0.500. The van der Waals surface area contributed by atoms with E-state index < -0.39 is 0 Å². The summed E-state index contributed by atoms with van der Waals surface area (Å²) in [6.07, 6.45) is 0. The number of nitrogens with one attached hydrogen (secondary N) is 1. The van der Waals surface area contributed by atoms with Crippen LogP contribution in [-0.4, -0.2) is 19.8 Å². The monoisotopic (exact) mass is 271 g/mol. The van der Waals surface area contributed by atoms with Crippen LogP contribution in [0, 0.1) is 0 Å². The summed E-state index contributed by atoms with van der Waals surface area (Å²) < 4.78 is 6.21. The Labute approximate surface area is 100 Å². The molecule has 0 aliphatic carbocycles. The Kier molecular flexibility index (Phi) is 5.29. The van der Waals surface area contributed by atoms with Crippen LogP contribution < -0.4 is 5.32 Å². The second-order valence-electron chi connectivity index (χ2n) is 3.80. The number of methoxy groups -OCH3 is 1. The minimum Gasteiger partial charge on any atom is -0.383 e. The number of benzene rings is 1. The molecular formula is C12H18BrNO. The zero-order valence-corrected chi connectivity index (χ0v) is 11.0. The van der Waals surface area contributed by atoms with E-state index in [1.54, 1.807) is 7.11 Å². The minimum absolute atomic E-state index is 0.340. The van der Waals surface area contributed by atoms with Gasteiger partial charge in [-0.1, -0.05) is 28.1 Å². The van der Waals surface area contributed by atoms with E-state index in [2.05, 4.69) is 53.3 Å². The van der Waals surface area contributed by atoms with Crippen molar-refractivity contribution in [1.29, 1.82) is 0 Å². The Morgan fingerprint density at radius 3 is 2.73 bits per heavy atom. The lowest BCUT2D eigenvalue weighted by atomic mass is 10.1. The number of ether oxygens (including phenoxy) is 1. The van der Waals surface area contributed by atoms with Crippen molar-refractivity contribution in [1.82, 2.24) is 5.32 Å². The molecule has 0 heterocycles. The van der Waals surface area contributed by atoms with E-state index in [-0.39, 0.29) is 0 Å². The van der Waals surface area contributed by atoms with E-state index in [0.717, 1.165) is 11.1 Å². The summed E-state index contributed by atoms with van der Waals surface area (Å²) in [5.74, 6) is 0. The highest BCUT2D eigenvalue weighted by Gasteiger charge is 2.08. The molecule has 1 unspecified atom stereocenters. The Hall–Kier alpha value is -0.380. The lowest BCUT2D eigenvalue weighted by Crippen LogP contribution is -2.32. The molecule has 0 spiro atoms. The SMILES string of the molecule is COCC(C)N[C@H](C)c1cccc(Br)c1.